The van der Waals surface area contributed by atoms with Gasteiger partial charge in [-0.1, -0.05) is 39.3 Å². The number of halogens is 1. The standard InChI is InChI=1S/C23H26ClNO3S/c1-5-15(3)21-12-17(13-22(23(21)26)16(4)6-2)11-20(14-25)29(27,28)19-9-7-18(24)8-10-19/h7-13,15-16,26H,5-6H2,1-4H3. The lowest BCUT2D eigenvalue weighted by molar-refractivity contribution is 0.449. The van der Waals surface area contributed by atoms with E-state index in [1.54, 1.807) is 12.1 Å². The maximum absolute atomic E-state index is 12.9. The van der Waals surface area contributed by atoms with Gasteiger partial charge in [0.05, 0.1) is 4.90 Å². The SMILES string of the molecule is CCC(C)c1cc(C=C(C#N)S(=O)(=O)c2ccc(Cl)cc2)cc(C(C)CC)c1O. The van der Waals surface area contributed by atoms with E-state index >= 15 is 0 Å². The second-order valence-corrected chi connectivity index (χ2v) is 9.60. The van der Waals surface area contributed by atoms with Crippen LogP contribution in [0.15, 0.2) is 46.2 Å². The molecule has 154 valence electrons. The van der Waals surface area contributed by atoms with E-state index in [4.69, 9.17) is 11.6 Å². The van der Waals surface area contributed by atoms with Crippen molar-refractivity contribution < 1.29 is 13.5 Å². The Bertz CT molecular complexity index is 1020. The molecule has 2 rings (SSSR count). The largest absolute Gasteiger partial charge is 0.507 e. The second-order valence-electron chi connectivity index (χ2n) is 7.24. The minimum Gasteiger partial charge on any atom is -0.507 e. The Balaban J connectivity index is 2.66. The highest BCUT2D eigenvalue weighted by molar-refractivity contribution is 7.95. The van der Waals surface area contributed by atoms with Crippen LogP contribution in [-0.2, 0) is 9.84 Å². The van der Waals surface area contributed by atoms with Gasteiger partial charge in [0.1, 0.15) is 16.7 Å². The molecule has 0 aromatic heterocycles. The molecule has 2 aromatic rings. The highest BCUT2D eigenvalue weighted by atomic mass is 35.5. The third-order valence-electron chi connectivity index (χ3n) is 5.30. The summed E-state index contributed by atoms with van der Waals surface area (Å²) >= 11 is 5.84. The molecule has 0 saturated heterocycles. The number of phenols is 1. The van der Waals surface area contributed by atoms with Crippen LogP contribution in [0.1, 0.15) is 69.1 Å². The fourth-order valence-electron chi connectivity index (χ4n) is 3.04. The van der Waals surface area contributed by atoms with E-state index in [0.717, 1.165) is 24.0 Å². The monoisotopic (exact) mass is 431 g/mol. The average molecular weight is 432 g/mol. The van der Waals surface area contributed by atoms with Crippen LogP contribution < -0.4 is 0 Å². The van der Waals surface area contributed by atoms with Crippen LogP contribution in [0.25, 0.3) is 6.08 Å². The number of hydrogen-bond acceptors (Lipinski definition) is 4. The summed E-state index contributed by atoms with van der Waals surface area (Å²) in [6.45, 7) is 8.08. The topological polar surface area (TPSA) is 78.2 Å². The zero-order chi connectivity index (χ0) is 21.8. The smallest absolute Gasteiger partial charge is 0.216 e. The number of benzene rings is 2. The molecule has 29 heavy (non-hydrogen) atoms. The molecule has 0 aliphatic heterocycles. The van der Waals surface area contributed by atoms with Crippen molar-refractivity contribution >= 4 is 27.5 Å². The van der Waals surface area contributed by atoms with Gasteiger partial charge in [0.2, 0.25) is 9.84 Å². The van der Waals surface area contributed by atoms with Gasteiger partial charge in [0, 0.05) is 5.02 Å². The first-order chi connectivity index (χ1) is 13.6. The predicted molar refractivity (Wildman–Crippen MR) is 118 cm³/mol. The van der Waals surface area contributed by atoms with E-state index < -0.39 is 9.84 Å². The van der Waals surface area contributed by atoms with Crippen LogP contribution in [0.4, 0.5) is 0 Å². The number of aromatic hydroxyl groups is 1. The number of nitrogens with zero attached hydrogens (tertiary/aromatic N) is 1. The molecular weight excluding hydrogens is 406 g/mol. The summed E-state index contributed by atoms with van der Waals surface area (Å²) in [4.78, 5) is -0.339. The number of phenolic OH excluding ortho intramolecular Hbond substituents is 1. The second kappa shape index (κ2) is 9.47. The Morgan fingerprint density at radius 2 is 1.59 bits per heavy atom. The number of allylic oxidation sites excluding steroid dienone is 1. The molecule has 0 aliphatic carbocycles. The molecule has 2 unspecified atom stereocenters. The van der Waals surface area contributed by atoms with Crippen LogP contribution >= 0.6 is 11.6 Å². The van der Waals surface area contributed by atoms with Crippen LogP contribution in [0, 0.1) is 11.3 Å². The first kappa shape index (κ1) is 23.0. The van der Waals surface area contributed by atoms with Crippen molar-refractivity contribution in [3.05, 3.63) is 63.0 Å². The maximum Gasteiger partial charge on any atom is 0.216 e. The van der Waals surface area contributed by atoms with E-state index in [-0.39, 0.29) is 27.4 Å². The normalized spacial score (nSPS) is 14.3. The maximum atomic E-state index is 12.9. The van der Waals surface area contributed by atoms with E-state index in [1.807, 2.05) is 33.8 Å². The van der Waals surface area contributed by atoms with Gasteiger partial charge in [-0.3, -0.25) is 0 Å². The Morgan fingerprint density at radius 3 is 2.00 bits per heavy atom. The van der Waals surface area contributed by atoms with Crippen molar-refractivity contribution in [1.82, 2.24) is 0 Å². The molecular formula is C23H26ClNO3S. The van der Waals surface area contributed by atoms with Gasteiger partial charge < -0.3 is 5.11 Å². The van der Waals surface area contributed by atoms with Crippen LogP contribution in [0.5, 0.6) is 5.75 Å². The van der Waals surface area contributed by atoms with Gasteiger partial charge in [-0.2, -0.15) is 5.26 Å². The van der Waals surface area contributed by atoms with Gasteiger partial charge in [0.15, 0.2) is 0 Å². The third kappa shape index (κ3) is 5.01. The van der Waals surface area contributed by atoms with E-state index in [0.29, 0.717) is 10.6 Å². The minimum absolute atomic E-state index is 0.0118. The number of hydrogen-bond donors (Lipinski definition) is 1. The average Bonchev–Trinajstić information content (AvgIpc) is 2.71. The summed E-state index contributed by atoms with van der Waals surface area (Å²) in [5, 5.41) is 20.7. The van der Waals surface area contributed by atoms with Crippen molar-refractivity contribution in [3.63, 3.8) is 0 Å². The van der Waals surface area contributed by atoms with Crippen molar-refractivity contribution in [2.45, 2.75) is 57.3 Å². The predicted octanol–water partition coefficient (Wildman–Crippen LogP) is 6.41. The number of sulfone groups is 1. The fraction of sp³-hybridized carbons (Fsp3) is 0.348. The van der Waals surface area contributed by atoms with E-state index in [2.05, 4.69) is 0 Å². The summed E-state index contributed by atoms with van der Waals surface area (Å²) in [6.07, 6.45) is 3.03. The first-order valence-corrected chi connectivity index (χ1v) is 11.5. The van der Waals surface area contributed by atoms with Crippen molar-refractivity contribution in [1.29, 1.82) is 5.26 Å². The summed E-state index contributed by atoms with van der Waals surface area (Å²) < 4.78 is 25.8. The Hall–Kier alpha value is -2.29. The summed E-state index contributed by atoms with van der Waals surface area (Å²) in [7, 11) is -3.97. The molecule has 0 radical (unpaired) electrons. The quantitative estimate of drug-likeness (QED) is 0.513. The lowest BCUT2D eigenvalue weighted by Crippen LogP contribution is -2.04. The Labute approximate surface area is 178 Å². The summed E-state index contributed by atoms with van der Waals surface area (Å²) in [6, 6.07) is 11.1. The number of rotatable bonds is 7. The van der Waals surface area contributed by atoms with Gasteiger partial charge in [0.25, 0.3) is 0 Å². The zero-order valence-electron chi connectivity index (χ0n) is 17.1. The van der Waals surface area contributed by atoms with Gasteiger partial charge in [-0.15, -0.1) is 0 Å². The van der Waals surface area contributed by atoms with Crippen LogP contribution in [0.3, 0.4) is 0 Å². The highest BCUT2D eigenvalue weighted by Gasteiger charge is 2.22. The summed E-state index contributed by atoms with van der Waals surface area (Å²) in [5.74, 6) is 0.457. The fourth-order valence-corrected chi connectivity index (χ4v) is 4.33. The first-order valence-electron chi connectivity index (χ1n) is 9.64. The van der Waals surface area contributed by atoms with Crippen LogP contribution in [0.2, 0.25) is 5.02 Å². The molecule has 0 spiro atoms. The molecule has 2 aromatic carbocycles. The molecule has 0 amide bonds. The molecule has 1 N–H and O–H groups in total. The lowest BCUT2D eigenvalue weighted by atomic mass is 9.88. The van der Waals surface area contributed by atoms with Crippen LogP contribution in [-0.4, -0.2) is 13.5 Å². The number of nitriles is 1. The molecule has 0 heterocycles. The van der Waals surface area contributed by atoms with Crippen molar-refractivity contribution in [3.8, 4) is 11.8 Å². The van der Waals surface area contributed by atoms with Gasteiger partial charge in [-0.05, 0) is 83.8 Å². The zero-order valence-corrected chi connectivity index (χ0v) is 18.7. The minimum atomic E-state index is -3.97. The van der Waals surface area contributed by atoms with E-state index in [9.17, 15) is 18.8 Å². The molecule has 0 saturated carbocycles. The van der Waals surface area contributed by atoms with E-state index in [1.165, 1.54) is 30.3 Å². The molecule has 4 nitrogen and oxygen atoms in total. The molecule has 6 heteroatoms. The molecule has 0 fully saturated rings. The molecule has 0 bridgehead atoms. The molecule has 0 aliphatic rings. The van der Waals surface area contributed by atoms with Crippen molar-refractivity contribution in [2.24, 2.45) is 0 Å². The lowest BCUT2D eigenvalue weighted by Gasteiger charge is -2.19. The molecule has 2 atom stereocenters. The Kier molecular flexibility index (Phi) is 7.51. The Morgan fingerprint density at radius 1 is 1.10 bits per heavy atom. The highest BCUT2D eigenvalue weighted by Crippen LogP contribution is 2.38. The van der Waals surface area contributed by atoms with Crippen molar-refractivity contribution in [2.75, 3.05) is 0 Å². The third-order valence-corrected chi connectivity index (χ3v) is 7.23. The van der Waals surface area contributed by atoms with Gasteiger partial charge >= 0.3 is 0 Å². The summed E-state index contributed by atoms with van der Waals surface area (Å²) in [5.41, 5.74) is 2.11. The van der Waals surface area contributed by atoms with Gasteiger partial charge in [-0.25, -0.2) is 8.42 Å².